The van der Waals surface area contributed by atoms with Gasteiger partial charge in [0.25, 0.3) is 0 Å². The van der Waals surface area contributed by atoms with Crippen molar-refractivity contribution in [3.8, 4) is 0 Å². The normalized spacial score (nSPS) is 38.4. The summed E-state index contributed by atoms with van der Waals surface area (Å²) in [4.78, 5) is 23.7. The molecule has 8 atom stereocenters. The summed E-state index contributed by atoms with van der Waals surface area (Å²) in [7, 11) is 6.83. The van der Waals surface area contributed by atoms with Crippen LogP contribution in [0.4, 0.5) is 0 Å². The Bertz CT molecular complexity index is 1490. The highest BCUT2D eigenvalue weighted by atomic mass is 15.4. The van der Waals surface area contributed by atoms with Crippen LogP contribution >= 0.6 is 0 Å². The van der Waals surface area contributed by atoms with E-state index in [9.17, 15) is 0 Å². The maximum atomic E-state index is 2.72. The van der Waals surface area contributed by atoms with Crippen LogP contribution in [0.3, 0.4) is 0 Å². The first-order valence-corrected chi connectivity index (χ1v) is 27.9. The molecule has 10 saturated heterocycles. The van der Waals surface area contributed by atoms with E-state index in [4.69, 9.17) is 0 Å². The molecule has 9 nitrogen and oxygen atoms in total. The lowest BCUT2D eigenvalue weighted by molar-refractivity contribution is -0.0930. The number of piperazine rings is 2. The van der Waals surface area contributed by atoms with Gasteiger partial charge in [-0.05, 0) is 226 Å². The fourth-order valence-electron chi connectivity index (χ4n) is 15.3. The Labute approximate surface area is 411 Å². The number of hydrogen-bond donors (Lipinski definition) is 0. The number of likely N-dealkylation sites (tertiary alicyclic amines) is 6. The largest absolute Gasteiger partial charge is 0.305 e. The molecule has 9 heteroatoms. The molecule has 10 bridgehead atoms. The van der Waals surface area contributed by atoms with Crippen LogP contribution in [0.2, 0.25) is 0 Å². The zero-order valence-electron chi connectivity index (χ0n) is 47.8. The molecule has 10 heterocycles. The van der Waals surface area contributed by atoms with E-state index in [-0.39, 0.29) is 0 Å². The van der Waals surface area contributed by atoms with Gasteiger partial charge < -0.3 is 14.7 Å². The maximum absolute atomic E-state index is 2.72. The average molecular weight is 925 g/mol. The molecule has 66 heavy (non-hydrogen) atoms. The van der Waals surface area contributed by atoms with Gasteiger partial charge in [-0.1, -0.05) is 13.8 Å². The van der Waals surface area contributed by atoms with Crippen LogP contribution in [0.15, 0.2) is 0 Å². The Morgan fingerprint density at radius 2 is 0.879 bits per heavy atom. The summed E-state index contributed by atoms with van der Waals surface area (Å²) >= 11 is 0. The third kappa shape index (κ3) is 14.0. The van der Waals surface area contributed by atoms with Crippen molar-refractivity contribution >= 4 is 0 Å². The molecular weight excluding hydrogens is 811 g/mol. The number of hydrogen-bond acceptors (Lipinski definition) is 9. The van der Waals surface area contributed by atoms with Crippen LogP contribution in [0.25, 0.3) is 0 Å². The number of nitrogens with zero attached hydrogens (tertiary/aromatic N) is 9. The van der Waals surface area contributed by atoms with E-state index in [1.165, 1.54) is 149 Å². The van der Waals surface area contributed by atoms with Gasteiger partial charge in [0.15, 0.2) is 0 Å². The highest BCUT2D eigenvalue weighted by molar-refractivity contribution is 5.04. The molecule has 386 valence electrons. The Morgan fingerprint density at radius 3 is 1.33 bits per heavy atom. The third-order valence-corrected chi connectivity index (χ3v) is 18.5. The van der Waals surface area contributed by atoms with E-state index in [1.54, 1.807) is 0 Å². The van der Waals surface area contributed by atoms with Crippen molar-refractivity contribution in [3.05, 3.63) is 0 Å². The Hall–Kier alpha value is -0.360. The molecule has 0 aromatic carbocycles. The minimum absolute atomic E-state index is 0.318. The smallest absolute Gasteiger partial charge is 0.0244 e. The van der Waals surface area contributed by atoms with E-state index >= 15 is 0 Å². The van der Waals surface area contributed by atoms with Crippen molar-refractivity contribution < 1.29 is 0 Å². The Kier molecular flexibility index (Phi) is 17.2. The average Bonchev–Trinajstić information content (AvgIpc) is 3.80. The van der Waals surface area contributed by atoms with Gasteiger partial charge >= 0.3 is 0 Å². The summed E-state index contributed by atoms with van der Waals surface area (Å²) in [5, 5.41) is 0. The van der Waals surface area contributed by atoms with Gasteiger partial charge in [-0.3, -0.25) is 29.4 Å². The molecule has 1 aliphatic carbocycles. The van der Waals surface area contributed by atoms with Gasteiger partial charge in [-0.2, -0.15) is 0 Å². The zero-order valence-corrected chi connectivity index (χ0v) is 47.8. The van der Waals surface area contributed by atoms with Gasteiger partial charge in [-0.25, -0.2) is 0 Å². The summed E-state index contributed by atoms with van der Waals surface area (Å²) in [5.41, 5.74) is 2.81. The molecule has 0 N–H and O–H groups in total. The van der Waals surface area contributed by atoms with Crippen LogP contribution in [0.5, 0.6) is 0 Å². The van der Waals surface area contributed by atoms with Gasteiger partial charge in [-0.15, -0.1) is 0 Å². The topological polar surface area (TPSA) is 29.2 Å². The molecule has 0 aromatic heterocycles. The number of piperidine rings is 4. The molecule has 0 radical (unpaired) electrons. The summed E-state index contributed by atoms with van der Waals surface area (Å²) in [6, 6.07) is 5.12. The predicted molar refractivity (Wildman–Crippen MR) is 285 cm³/mol. The molecule has 1 saturated carbocycles. The highest BCUT2D eigenvalue weighted by Crippen LogP contribution is 2.47. The van der Waals surface area contributed by atoms with Crippen LogP contribution in [0, 0.1) is 16.7 Å². The fraction of sp³-hybridized carbons (Fsp3) is 1.00. The minimum atomic E-state index is 0.318. The third-order valence-electron chi connectivity index (χ3n) is 18.5. The molecular formula is C57H113N9. The first kappa shape index (κ1) is 55.0. The van der Waals surface area contributed by atoms with Crippen LogP contribution in [-0.4, -0.2) is 214 Å². The van der Waals surface area contributed by atoms with Crippen molar-refractivity contribution in [3.63, 3.8) is 0 Å². The van der Waals surface area contributed by atoms with Gasteiger partial charge in [0, 0.05) is 129 Å². The summed E-state index contributed by atoms with van der Waals surface area (Å²) in [6.07, 6.45) is 14.3. The number of fused-ring (bicyclic) bond motifs is 12. The monoisotopic (exact) mass is 924 g/mol. The lowest BCUT2D eigenvalue weighted by Gasteiger charge is -2.59. The summed E-state index contributed by atoms with van der Waals surface area (Å²) < 4.78 is 0. The SMILES string of the molecule is CC(C)(C)N1CCC2CCC1C2.CC(C)(C)N1CCN2CCC1CC2.CN1C2CCC1CN(C(C)(C)C)C2.CN1CC2(C)CN(C(C)(C)C)CC(C)(C1)C2.CN1CC2CC1CN2C(C)(C)C. The second-order valence-corrected chi connectivity index (χ2v) is 29.9. The fourth-order valence-corrected chi connectivity index (χ4v) is 15.3. The zero-order chi connectivity index (χ0) is 49.0. The molecule has 0 spiro atoms. The molecule has 11 rings (SSSR count). The molecule has 11 fully saturated rings. The van der Waals surface area contributed by atoms with Gasteiger partial charge in [0.05, 0.1) is 0 Å². The van der Waals surface area contributed by atoms with Gasteiger partial charge in [0.1, 0.15) is 0 Å². The molecule has 0 amide bonds. The van der Waals surface area contributed by atoms with E-state index in [1.807, 2.05) is 0 Å². The van der Waals surface area contributed by atoms with Crippen LogP contribution in [0.1, 0.15) is 182 Å². The number of likely N-dealkylation sites (N-methyl/N-ethyl adjacent to an activating group) is 2. The van der Waals surface area contributed by atoms with E-state index < -0.39 is 0 Å². The van der Waals surface area contributed by atoms with Crippen molar-refractivity contribution in [1.29, 1.82) is 0 Å². The Morgan fingerprint density at radius 1 is 0.379 bits per heavy atom. The maximum Gasteiger partial charge on any atom is 0.0244 e. The van der Waals surface area contributed by atoms with Gasteiger partial charge in [0.2, 0.25) is 0 Å². The lowest BCUT2D eigenvalue weighted by atomic mass is 9.65. The van der Waals surface area contributed by atoms with E-state index in [0.29, 0.717) is 38.5 Å². The lowest BCUT2D eigenvalue weighted by Crippen LogP contribution is -2.64. The first-order valence-electron chi connectivity index (χ1n) is 27.9. The summed E-state index contributed by atoms with van der Waals surface area (Å²) in [6.45, 7) is 56.8. The number of rotatable bonds is 0. The second kappa shape index (κ2) is 20.6. The first-order chi connectivity index (χ1) is 30.2. The molecule has 0 aromatic rings. The Balaban J connectivity index is 0.000000137. The van der Waals surface area contributed by atoms with Crippen LogP contribution in [-0.2, 0) is 0 Å². The quantitative estimate of drug-likeness (QED) is 0.236. The van der Waals surface area contributed by atoms with Crippen molar-refractivity contribution in [2.75, 3.05) is 106 Å². The predicted octanol–water partition coefficient (Wildman–Crippen LogP) is 9.41. The van der Waals surface area contributed by atoms with Crippen molar-refractivity contribution in [2.24, 2.45) is 16.7 Å². The molecule has 11 aliphatic rings. The second-order valence-electron chi connectivity index (χ2n) is 29.9. The van der Waals surface area contributed by atoms with E-state index in [0.717, 1.165) is 42.2 Å². The standard InChI is InChI=1S/C14H28N2.2C11H22N2.C11H21N.C10H20N2/c1-12(2,3)16-10-13(4)7-14(5,11-16)9-15(6)8-13;1-11(2,3)13-7-9-5-6-10(8-13)12(9)4;1-11(2,3)13-9-8-12-6-4-10(13)5-7-12;1-11(2,3)12-7-6-9-4-5-10(12)8-9;1-10(2,3)12-7-8-5-9(12)6-11(8)4/h7-11H2,1-6H3;9-10H,5-8H2,1-4H3;10H,4-9H2,1-3H3;9-10H,4-8H2,1-3H3;8-9H,5-7H2,1-4H3. The highest BCUT2D eigenvalue weighted by Gasteiger charge is 2.50. The minimum Gasteiger partial charge on any atom is -0.305 e. The van der Waals surface area contributed by atoms with Crippen molar-refractivity contribution in [1.82, 2.24) is 44.1 Å². The van der Waals surface area contributed by atoms with Crippen LogP contribution < -0.4 is 0 Å². The summed E-state index contributed by atoms with van der Waals surface area (Å²) in [5.74, 6) is 1.08. The van der Waals surface area contributed by atoms with Crippen molar-refractivity contribution in [2.45, 2.75) is 246 Å². The molecule has 8 unspecified atom stereocenters. The molecule has 10 aliphatic heterocycles. The van der Waals surface area contributed by atoms with E-state index in [2.05, 4.69) is 183 Å².